The van der Waals surface area contributed by atoms with Gasteiger partial charge in [0.25, 0.3) is 0 Å². The minimum atomic E-state index is -0.407. The highest BCUT2D eigenvalue weighted by atomic mass is 16.5. The van der Waals surface area contributed by atoms with Gasteiger partial charge >= 0.3 is 6.03 Å². The Hall–Kier alpha value is -2.04. The number of hydrogen-bond acceptors (Lipinski definition) is 3. The van der Waals surface area contributed by atoms with Gasteiger partial charge < -0.3 is 10.1 Å². The third kappa shape index (κ3) is 1.92. The van der Waals surface area contributed by atoms with E-state index >= 15 is 0 Å². The molecule has 3 amide bonds. The Morgan fingerprint density at radius 2 is 1.89 bits per heavy atom. The van der Waals surface area contributed by atoms with Crippen molar-refractivity contribution in [2.45, 2.75) is 19.9 Å². The van der Waals surface area contributed by atoms with Gasteiger partial charge in [-0.15, -0.1) is 0 Å². The molecule has 96 valence electrons. The molecule has 2 rings (SSSR count). The van der Waals surface area contributed by atoms with E-state index in [0.29, 0.717) is 11.4 Å². The molecule has 2 unspecified atom stereocenters. The van der Waals surface area contributed by atoms with Crippen molar-refractivity contribution in [3.8, 4) is 5.75 Å². The quantitative estimate of drug-likeness (QED) is 0.867. The van der Waals surface area contributed by atoms with Crippen molar-refractivity contribution in [2.75, 3.05) is 12.0 Å². The van der Waals surface area contributed by atoms with Gasteiger partial charge in [0.15, 0.2) is 0 Å². The molecule has 0 aromatic heterocycles. The predicted molar refractivity (Wildman–Crippen MR) is 67.6 cm³/mol. The molecule has 2 atom stereocenters. The lowest BCUT2D eigenvalue weighted by Gasteiger charge is -2.34. The van der Waals surface area contributed by atoms with Gasteiger partial charge in [0.2, 0.25) is 5.91 Å². The summed E-state index contributed by atoms with van der Waals surface area (Å²) in [7, 11) is 1.51. The average Bonchev–Trinajstić information content (AvgIpc) is 2.37. The molecule has 0 spiro atoms. The van der Waals surface area contributed by atoms with E-state index < -0.39 is 6.03 Å². The van der Waals surface area contributed by atoms with E-state index in [-0.39, 0.29) is 17.9 Å². The molecule has 1 aliphatic rings. The summed E-state index contributed by atoms with van der Waals surface area (Å²) in [6.07, 6.45) is 0. The Morgan fingerprint density at radius 1 is 1.22 bits per heavy atom. The van der Waals surface area contributed by atoms with E-state index in [0.717, 1.165) is 4.90 Å². The Balaban J connectivity index is 2.43. The number of benzene rings is 1. The highest BCUT2D eigenvalue weighted by molar-refractivity contribution is 6.17. The number of urea groups is 1. The second-order valence-electron chi connectivity index (χ2n) is 4.37. The monoisotopic (exact) mass is 248 g/mol. The number of para-hydroxylation sites is 2. The normalized spacial score (nSPS) is 23.8. The molecule has 1 N–H and O–H groups in total. The lowest BCUT2D eigenvalue weighted by molar-refractivity contribution is -0.122. The Bertz CT molecular complexity index is 487. The summed E-state index contributed by atoms with van der Waals surface area (Å²) < 4.78 is 5.18. The van der Waals surface area contributed by atoms with Gasteiger partial charge in [-0.3, -0.25) is 4.79 Å². The van der Waals surface area contributed by atoms with Crippen LogP contribution in [0.5, 0.6) is 5.75 Å². The molecule has 1 aromatic rings. The van der Waals surface area contributed by atoms with Crippen LogP contribution in [-0.2, 0) is 4.79 Å². The van der Waals surface area contributed by atoms with Crippen molar-refractivity contribution in [2.24, 2.45) is 5.92 Å². The molecule has 1 aliphatic heterocycles. The van der Waals surface area contributed by atoms with Gasteiger partial charge in [-0.1, -0.05) is 19.1 Å². The fraction of sp³-hybridized carbons (Fsp3) is 0.385. The number of nitrogens with zero attached hydrogens (tertiary/aromatic N) is 1. The Kier molecular flexibility index (Phi) is 3.23. The fourth-order valence-electron chi connectivity index (χ4n) is 1.94. The van der Waals surface area contributed by atoms with E-state index in [4.69, 9.17) is 4.74 Å². The molecule has 1 fully saturated rings. The lowest BCUT2D eigenvalue weighted by atomic mass is 9.99. The summed E-state index contributed by atoms with van der Waals surface area (Å²) in [6.45, 7) is 3.62. The van der Waals surface area contributed by atoms with Crippen molar-refractivity contribution >= 4 is 17.6 Å². The van der Waals surface area contributed by atoms with Crippen LogP contribution in [0.15, 0.2) is 24.3 Å². The fourth-order valence-corrected chi connectivity index (χ4v) is 1.94. The molecule has 5 nitrogen and oxygen atoms in total. The number of imide groups is 1. The molecule has 0 aliphatic carbocycles. The van der Waals surface area contributed by atoms with Crippen LogP contribution in [0.2, 0.25) is 0 Å². The summed E-state index contributed by atoms with van der Waals surface area (Å²) in [5.74, 6) is 0.0334. The zero-order chi connectivity index (χ0) is 13.3. The van der Waals surface area contributed by atoms with Crippen LogP contribution in [0.4, 0.5) is 10.5 Å². The number of carbonyl (C=O) groups is 2. The highest BCUT2D eigenvalue weighted by Crippen LogP contribution is 2.30. The van der Waals surface area contributed by atoms with Crippen LogP contribution in [0.3, 0.4) is 0 Å². The lowest BCUT2D eigenvalue weighted by Crippen LogP contribution is -2.58. The zero-order valence-electron chi connectivity index (χ0n) is 10.6. The Morgan fingerprint density at radius 3 is 2.56 bits per heavy atom. The van der Waals surface area contributed by atoms with Gasteiger partial charge in [-0.2, -0.15) is 0 Å². The maximum absolute atomic E-state index is 12.2. The first kappa shape index (κ1) is 12.4. The van der Waals surface area contributed by atoms with Crippen molar-refractivity contribution in [3.63, 3.8) is 0 Å². The molecule has 5 heteroatoms. The topological polar surface area (TPSA) is 58.6 Å². The summed E-state index contributed by atoms with van der Waals surface area (Å²) in [5, 5.41) is 2.77. The first-order valence-electron chi connectivity index (χ1n) is 5.83. The summed E-state index contributed by atoms with van der Waals surface area (Å²) in [4.78, 5) is 25.3. The smallest absolute Gasteiger partial charge is 0.329 e. The molecule has 0 radical (unpaired) electrons. The number of rotatable bonds is 2. The second kappa shape index (κ2) is 4.68. The number of ether oxygens (including phenoxy) is 1. The molecular formula is C13H16N2O3. The van der Waals surface area contributed by atoms with E-state index in [2.05, 4.69) is 5.32 Å². The molecule has 0 saturated carbocycles. The van der Waals surface area contributed by atoms with E-state index in [9.17, 15) is 9.59 Å². The molecule has 1 aromatic carbocycles. The molecule has 0 bridgehead atoms. The van der Waals surface area contributed by atoms with E-state index in [1.165, 1.54) is 7.11 Å². The van der Waals surface area contributed by atoms with Gasteiger partial charge in [-0.25, -0.2) is 9.69 Å². The van der Waals surface area contributed by atoms with Crippen LogP contribution in [0.25, 0.3) is 0 Å². The Labute approximate surface area is 106 Å². The van der Waals surface area contributed by atoms with Crippen molar-refractivity contribution in [3.05, 3.63) is 24.3 Å². The van der Waals surface area contributed by atoms with Crippen LogP contribution in [0.1, 0.15) is 13.8 Å². The molecule has 18 heavy (non-hydrogen) atoms. The summed E-state index contributed by atoms with van der Waals surface area (Å²) >= 11 is 0. The van der Waals surface area contributed by atoms with Crippen molar-refractivity contribution < 1.29 is 14.3 Å². The largest absolute Gasteiger partial charge is 0.495 e. The van der Waals surface area contributed by atoms with Crippen molar-refractivity contribution in [1.29, 1.82) is 0 Å². The maximum atomic E-state index is 12.2. The number of anilines is 1. The second-order valence-corrected chi connectivity index (χ2v) is 4.37. The van der Waals surface area contributed by atoms with Gasteiger partial charge in [0, 0.05) is 6.04 Å². The van der Waals surface area contributed by atoms with Crippen LogP contribution in [0, 0.1) is 5.92 Å². The van der Waals surface area contributed by atoms with Crippen LogP contribution >= 0.6 is 0 Å². The van der Waals surface area contributed by atoms with Gasteiger partial charge in [0.05, 0.1) is 18.7 Å². The summed E-state index contributed by atoms with van der Waals surface area (Å²) in [5.41, 5.74) is 0.473. The first-order valence-corrected chi connectivity index (χ1v) is 5.83. The van der Waals surface area contributed by atoms with E-state index in [1.54, 1.807) is 31.2 Å². The van der Waals surface area contributed by atoms with Crippen LogP contribution < -0.4 is 15.0 Å². The number of hydrogen-bond donors (Lipinski definition) is 1. The predicted octanol–water partition coefficient (Wildman–Crippen LogP) is 1.78. The number of amides is 3. The van der Waals surface area contributed by atoms with Gasteiger partial charge in [0.1, 0.15) is 5.75 Å². The molecule has 1 heterocycles. The SMILES string of the molecule is COc1ccccc1N1C(=O)NC(C)C(C)C1=O. The standard InChI is InChI=1S/C13H16N2O3/c1-8-9(2)14-13(17)15(12(8)16)10-6-4-5-7-11(10)18-3/h4-9H,1-3H3,(H,14,17). The average molecular weight is 248 g/mol. The molecular weight excluding hydrogens is 232 g/mol. The van der Waals surface area contributed by atoms with Crippen molar-refractivity contribution in [1.82, 2.24) is 5.32 Å². The number of carbonyl (C=O) groups excluding carboxylic acids is 2. The minimum absolute atomic E-state index is 0.157. The third-order valence-electron chi connectivity index (χ3n) is 3.24. The highest BCUT2D eigenvalue weighted by Gasteiger charge is 2.38. The number of methoxy groups -OCH3 is 1. The molecule has 1 saturated heterocycles. The first-order chi connectivity index (χ1) is 8.56. The minimum Gasteiger partial charge on any atom is -0.495 e. The van der Waals surface area contributed by atoms with Gasteiger partial charge in [-0.05, 0) is 19.1 Å². The van der Waals surface area contributed by atoms with E-state index in [1.807, 2.05) is 6.92 Å². The third-order valence-corrected chi connectivity index (χ3v) is 3.24. The maximum Gasteiger partial charge on any atom is 0.329 e. The number of nitrogens with one attached hydrogen (secondary N) is 1. The zero-order valence-corrected chi connectivity index (χ0v) is 10.6. The summed E-state index contributed by atoms with van der Waals surface area (Å²) in [6, 6.07) is 6.41. The van der Waals surface area contributed by atoms with Crippen LogP contribution in [-0.4, -0.2) is 25.1 Å².